The topological polar surface area (TPSA) is 92.2 Å². The number of hydrogen-bond acceptors (Lipinski definition) is 5. The van der Waals surface area contributed by atoms with E-state index in [2.05, 4.69) is 15.5 Å². The molecule has 1 saturated carbocycles. The van der Waals surface area contributed by atoms with E-state index < -0.39 is 17.8 Å². The molecule has 2 N–H and O–H groups in total. The summed E-state index contributed by atoms with van der Waals surface area (Å²) in [5.41, 5.74) is 0. The van der Waals surface area contributed by atoms with Gasteiger partial charge in [0.05, 0.1) is 11.8 Å². The molecule has 1 aromatic heterocycles. The van der Waals surface area contributed by atoms with Gasteiger partial charge in [0.15, 0.2) is 0 Å². The number of nitrogens with zero attached hydrogens (tertiary/aromatic N) is 2. The molecule has 2 rings (SSSR count). The van der Waals surface area contributed by atoms with E-state index in [0.717, 1.165) is 17.8 Å². The number of nitrogens with one attached hydrogen (secondary N) is 1. The highest BCUT2D eigenvalue weighted by atomic mass is 32.1. The van der Waals surface area contributed by atoms with E-state index in [4.69, 9.17) is 0 Å². The van der Waals surface area contributed by atoms with Crippen LogP contribution in [0.1, 0.15) is 50.5 Å². The van der Waals surface area contributed by atoms with Crippen LogP contribution in [0, 0.1) is 11.8 Å². The molecule has 1 aromatic rings. The number of rotatable bonds is 4. The Morgan fingerprint density at radius 2 is 1.90 bits per heavy atom. The smallest absolute Gasteiger partial charge is 0.307 e. The van der Waals surface area contributed by atoms with Gasteiger partial charge in [-0.2, -0.15) is 0 Å². The van der Waals surface area contributed by atoms with Gasteiger partial charge in [-0.3, -0.25) is 9.59 Å². The van der Waals surface area contributed by atoms with Gasteiger partial charge in [0.25, 0.3) is 0 Å². The summed E-state index contributed by atoms with van der Waals surface area (Å²) in [5.74, 6) is -1.91. The molecule has 1 fully saturated rings. The number of carboxylic acids is 1. The summed E-state index contributed by atoms with van der Waals surface area (Å²) >= 11 is 1.34. The van der Waals surface area contributed by atoms with Crippen LogP contribution in [0.15, 0.2) is 0 Å². The van der Waals surface area contributed by atoms with Crippen molar-refractivity contribution < 1.29 is 14.7 Å². The van der Waals surface area contributed by atoms with E-state index in [1.807, 2.05) is 13.8 Å². The van der Waals surface area contributed by atoms with Crippen molar-refractivity contribution >= 4 is 28.3 Å². The van der Waals surface area contributed by atoms with Crippen molar-refractivity contribution in [1.82, 2.24) is 10.2 Å². The third-order valence-electron chi connectivity index (χ3n) is 3.58. The maximum absolute atomic E-state index is 12.2. The lowest BCUT2D eigenvalue weighted by Gasteiger charge is -2.26. The Morgan fingerprint density at radius 3 is 2.45 bits per heavy atom. The number of aromatic nitrogens is 2. The fourth-order valence-corrected chi connectivity index (χ4v) is 3.21. The van der Waals surface area contributed by atoms with Crippen LogP contribution in [0.4, 0.5) is 5.13 Å². The van der Waals surface area contributed by atoms with Crippen LogP contribution in [0.2, 0.25) is 0 Å². The highest BCUT2D eigenvalue weighted by molar-refractivity contribution is 7.15. The van der Waals surface area contributed by atoms with E-state index in [9.17, 15) is 14.7 Å². The number of anilines is 1. The molecule has 2 atom stereocenters. The molecule has 0 unspecified atom stereocenters. The average Bonchev–Trinajstić information content (AvgIpc) is 2.87. The molecule has 0 saturated heterocycles. The monoisotopic (exact) mass is 297 g/mol. The van der Waals surface area contributed by atoms with Gasteiger partial charge in [0, 0.05) is 5.92 Å². The minimum absolute atomic E-state index is 0.247. The molecule has 0 aromatic carbocycles. The van der Waals surface area contributed by atoms with Crippen molar-refractivity contribution in [2.24, 2.45) is 11.8 Å². The molecule has 110 valence electrons. The first-order valence-corrected chi connectivity index (χ1v) is 7.67. The van der Waals surface area contributed by atoms with Crippen LogP contribution < -0.4 is 5.32 Å². The molecule has 1 amide bonds. The van der Waals surface area contributed by atoms with Gasteiger partial charge in [0.2, 0.25) is 11.0 Å². The SMILES string of the molecule is CC(C)c1nnc(NC(=O)[C@H]2CCCC[C@@H]2C(=O)O)s1. The van der Waals surface area contributed by atoms with Crippen LogP contribution >= 0.6 is 11.3 Å². The van der Waals surface area contributed by atoms with Gasteiger partial charge in [-0.25, -0.2) is 0 Å². The molecule has 6 nitrogen and oxygen atoms in total. The average molecular weight is 297 g/mol. The summed E-state index contributed by atoms with van der Waals surface area (Å²) in [6.45, 7) is 4.02. The van der Waals surface area contributed by atoms with Crippen LogP contribution in [0.3, 0.4) is 0 Å². The Morgan fingerprint density at radius 1 is 1.25 bits per heavy atom. The first kappa shape index (κ1) is 14.9. The summed E-state index contributed by atoms with van der Waals surface area (Å²) in [6.07, 6.45) is 2.96. The van der Waals surface area contributed by atoms with Crippen LogP contribution in [0.25, 0.3) is 0 Å². The Kier molecular flexibility index (Phi) is 4.69. The molecule has 20 heavy (non-hydrogen) atoms. The van der Waals surface area contributed by atoms with Crippen molar-refractivity contribution in [3.05, 3.63) is 5.01 Å². The summed E-state index contributed by atoms with van der Waals surface area (Å²) in [7, 11) is 0. The summed E-state index contributed by atoms with van der Waals surface area (Å²) in [5, 5.41) is 21.2. The second kappa shape index (κ2) is 6.30. The number of amides is 1. The fraction of sp³-hybridized carbons (Fsp3) is 0.692. The van der Waals surface area contributed by atoms with Gasteiger partial charge in [-0.1, -0.05) is 38.0 Å². The molecule has 1 heterocycles. The molecule has 0 spiro atoms. The van der Waals surface area contributed by atoms with E-state index in [0.29, 0.717) is 18.0 Å². The highest BCUT2D eigenvalue weighted by Crippen LogP contribution is 2.32. The minimum Gasteiger partial charge on any atom is -0.481 e. The van der Waals surface area contributed by atoms with Gasteiger partial charge in [-0.05, 0) is 12.8 Å². The lowest BCUT2D eigenvalue weighted by Crippen LogP contribution is -2.36. The zero-order chi connectivity index (χ0) is 14.7. The lowest BCUT2D eigenvalue weighted by molar-refractivity contribution is -0.147. The molecular weight excluding hydrogens is 278 g/mol. The predicted octanol–water partition coefficient (Wildman–Crippen LogP) is 2.49. The summed E-state index contributed by atoms with van der Waals surface area (Å²) in [6, 6.07) is 0. The first-order chi connectivity index (χ1) is 9.49. The molecule has 1 aliphatic carbocycles. The number of carbonyl (C=O) groups is 2. The van der Waals surface area contributed by atoms with Crippen molar-refractivity contribution in [2.75, 3.05) is 5.32 Å². The van der Waals surface area contributed by atoms with E-state index in [1.54, 1.807) is 0 Å². The van der Waals surface area contributed by atoms with Crippen LogP contribution in [-0.4, -0.2) is 27.2 Å². The Hall–Kier alpha value is -1.50. The largest absolute Gasteiger partial charge is 0.481 e. The molecule has 0 bridgehead atoms. The highest BCUT2D eigenvalue weighted by Gasteiger charge is 2.36. The van der Waals surface area contributed by atoms with Gasteiger partial charge < -0.3 is 10.4 Å². The van der Waals surface area contributed by atoms with Crippen molar-refractivity contribution in [3.63, 3.8) is 0 Å². The fourth-order valence-electron chi connectivity index (χ4n) is 2.46. The molecule has 0 radical (unpaired) electrons. The van der Waals surface area contributed by atoms with Crippen molar-refractivity contribution in [1.29, 1.82) is 0 Å². The van der Waals surface area contributed by atoms with Gasteiger partial charge in [-0.15, -0.1) is 10.2 Å². The first-order valence-electron chi connectivity index (χ1n) is 6.86. The summed E-state index contributed by atoms with van der Waals surface area (Å²) < 4.78 is 0. The maximum Gasteiger partial charge on any atom is 0.307 e. The van der Waals surface area contributed by atoms with Gasteiger partial charge >= 0.3 is 5.97 Å². The zero-order valence-corrected chi connectivity index (χ0v) is 12.4. The maximum atomic E-state index is 12.2. The third kappa shape index (κ3) is 3.33. The lowest BCUT2D eigenvalue weighted by atomic mass is 9.79. The third-order valence-corrected chi connectivity index (χ3v) is 4.72. The zero-order valence-electron chi connectivity index (χ0n) is 11.6. The number of carboxylic acid groups (broad SMARTS) is 1. The Labute approximate surface area is 121 Å². The predicted molar refractivity (Wildman–Crippen MR) is 75.7 cm³/mol. The van der Waals surface area contributed by atoms with Crippen molar-refractivity contribution in [2.45, 2.75) is 45.4 Å². The number of carbonyl (C=O) groups excluding carboxylic acids is 1. The van der Waals surface area contributed by atoms with E-state index in [1.165, 1.54) is 11.3 Å². The number of hydrogen-bond donors (Lipinski definition) is 2. The second-order valence-electron chi connectivity index (χ2n) is 5.43. The molecule has 0 aliphatic heterocycles. The van der Waals surface area contributed by atoms with E-state index >= 15 is 0 Å². The van der Waals surface area contributed by atoms with Gasteiger partial charge in [0.1, 0.15) is 5.01 Å². The molecule has 7 heteroatoms. The molecular formula is C13H19N3O3S. The van der Waals surface area contributed by atoms with Crippen LogP contribution in [-0.2, 0) is 9.59 Å². The van der Waals surface area contributed by atoms with Crippen molar-refractivity contribution in [3.8, 4) is 0 Å². The normalized spacial score (nSPS) is 22.8. The Balaban J connectivity index is 2.04. The van der Waals surface area contributed by atoms with E-state index in [-0.39, 0.29) is 11.8 Å². The quantitative estimate of drug-likeness (QED) is 0.890. The summed E-state index contributed by atoms with van der Waals surface area (Å²) in [4.78, 5) is 23.4. The molecule has 1 aliphatic rings. The number of aliphatic carboxylic acids is 1. The Bertz CT molecular complexity index is 501. The second-order valence-corrected chi connectivity index (χ2v) is 6.43. The van der Waals surface area contributed by atoms with Crippen LogP contribution in [0.5, 0.6) is 0 Å². The standard InChI is InChI=1S/C13H19N3O3S/c1-7(2)11-15-16-13(20-11)14-10(17)8-5-3-4-6-9(8)12(18)19/h7-9H,3-6H2,1-2H3,(H,18,19)(H,14,16,17)/t8-,9-/m0/s1. The minimum atomic E-state index is -0.884.